The average molecular weight is 474 g/mol. The van der Waals surface area contributed by atoms with Gasteiger partial charge < -0.3 is 9.47 Å². The number of para-hydroxylation sites is 2. The van der Waals surface area contributed by atoms with E-state index in [1.54, 1.807) is 67.6 Å². The van der Waals surface area contributed by atoms with E-state index in [9.17, 15) is 18.5 Å². The number of rotatable bonds is 6. The molecule has 0 aliphatic carbocycles. The maximum absolute atomic E-state index is 13.4. The van der Waals surface area contributed by atoms with Gasteiger partial charge in [0.25, 0.3) is 5.56 Å². The molecule has 34 heavy (non-hydrogen) atoms. The zero-order valence-corrected chi connectivity index (χ0v) is 19.1. The minimum atomic E-state index is -4.19. The molecule has 0 aliphatic heterocycles. The van der Waals surface area contributed by atoms with E-state index in [0.717, 1.165) is 6.08 Å². The first kappa shape index (κ1) is 22.8. The van der Waals surface area contributed by atoms with Crippen molar-refractivity contribution in [2.24, 2.45) is 0 Å². The number of sulfone groups is 1. The lowest BCUT2D eigenvalue weighted by Gasteiger charge is -2.13. The van der Waals surface area contributed by atoms with Crippen LogP contribution in [0.1, 0.15) is 11.1 Å². The van der Waals surface area contributed by atoms with Crippen molar-refractivity contribution in [1.29, 1.82) is 5.26 Å². The topological polar surface area (TPSA) is 111 Å². The van der Waals surface area contributed by atoms with Crippen LogP contribution in [0.2, 0.25) is 0 Å². The second-order valence-corrected chi connectivity index (χ2v) is 9.13. The van der Waals surface area contributed by atoms with Gasteiger partial charge in [-0.25, -0.2) is 8.42 Å². The van der Waals surface area contributed by atoms with Crippen molar-refractivity contribution in [3.8, 4) is 23.4 Å². The molecule has 0 spiro atoms. The summed E-state index contributed by atoms with van der Waals surface area (Å²) in [4.78, 5) is 17.2. The summed E-state index contributed by atoms with van der Waals surface area (Å²) in [6.07, 6.45) is 2.51. The van der Waals surface area contributed by atoms with Crippen LogP contribution in [-0.2, 0) is 9.84 Å². The Morgan fingerprint density at radius 2 is 1.71 bits per heavy atom. The molecule has 0 saturated heterocycles. The quantitative estimate of drug-likeness (QED) is 0.387. The second kappa shape index (κ2) is 9.21. The zero-order valence-electron chi connectivity index (χ0n) is 18.3. The zero-order chi connectivity index (χ0) is 24.3. The van der Waals surface area contributed by atoms with E-state index in [4.69, 9.17) is 9.47 Å². The summed E-state index contributed by atoms with van der Waals surface area (Å²) in [7, 11) is -2.72. The molecular formula is C25H19N3O5S. The molecule has 0 fully saturated rings. The van der Waals surface area contributed by atoms with Crippen LogP contribution < -0.4 is 15.0 Å². The lowest BCUT2D eigenvalue weighted by Crippen LogP contribution is -2.20. The van der Waals surface area contributed by atoms with Gasteiger partial charge in [0.15, 0.2) is 11.5 Å². The van der Waals surface area contributed by atoms with Crippen LogP contribution in [0.25, 0.3) is 11.7 Å². The van der Waals surface area contributed by atoms with Crippen molar-refractivity contribution < 1.29 is 17.9 Å². The van der Waals surface area contributed by atoms with Crippen molar-refractivity contribution in [3.63, 3.8) is 0 Å². The first-order valence-corrected chi connectivity index (χ1v) is 11.6. The van der Waals surface area contributed by atoms with Gasteiger partial charge in [-0.1, -0.05) is 36.4 Å². The van der Waals surface area contributed by atoms with E-state index >= 15 is 0 Å². The molecule has 170 valence electrons. The standard InChI is InChI=1S/C25H19N3O5S/c1-17-9-8-14-28-23(17)27-24(33-22-13-7-6-12-21(22)32-2)20(25(28)29)15-19(16-26)34(30,31)18-10-4-3-5-11-18/h3-15H,1-2H3. The van der Waals surface area contributed by atoms with Crippen molar-refractivity contribution in [3.05, 3.63) is 99.3 Å². The number of nitriles is 1. The fraction of sp³-hybridized carbons (Fsp3) is 0.0800. The van der Waals surface area contributed by atoms with E-state index < -0.39 is 20.3 Å². The fourth-order valence-electron chi connectivity index (χ4n) is 3.33. The van der Waals surface area contributed by atoms with E-state index in [1.807, 2.05) is 0 Å². The van der Waals surface area contributed by atoms with E-state index in [0.29, 0.717) is 17.0 Å². The molecule has 2 heterocycles. The minimum Gasteiger partial charge on any atom is -0.493 e. The summed E-state index contributed by atoms with van der Waals surface area (Å²) in [5.41, 5.74) is 0.260. The molecule has 2 aromatic carbocycles. The van der Waals surface area contributed by atoms with Crippen LogP contribution in [0.5, 0.6) is 17.4 Å². The molecule has 0 radical (unpaired) electrons. The monoisotopic (exact) mass is 473 g/mol. The maximum atomic E-state index is 13.4. The van der Waals surface area contributed by atoms with Gasteiger partial charge in [-0.15, -0.1) is 0 Å². The molecule has 4 aromatic rings. The second-order valence-electron chi connectivity index (χ2n) is 7.21. The maximum Gasteiger partial charge on any atom is 0.269 e. The molecular weight excluding hydrogens is 454 g/mol. The van der Waals surface area contributed by atoms with Crippen LogP contribution in [-0.4, -0.2) is 24.9 Å². The van der Waals surface area contributed by atoms with Crippen molar-refractivity contribution in [1.82, 2.24) is 9.38 Å². The third-order valence-corrected chi connectivity index (χ3v) is 6.73. The van der Waals surface area contributed by atoms with Gasteiger partial charge in [-0.3, -0.25) is 9.20 Å². The number of aryl methyl sites for hydroxylation is 1. The highest BCUT2D eigenvalue weighted by Gasteiger charge is 2.24. The summed E-state index contributed by atoms with van der Waals surface area (Å²) in [6, 6.07) is 19.4. The van der Waals surface area contributed by atoms with Crippen LogP contribution in [0.4, 0.5) is 0 Å². The first-order chi connectivity index (χ1) is 16.4. The highest BCUT2D eigenvalue weighted by Crippen LogP contribution is 2.32. The van der Waals surface area contributed by atoms with E-state index in [2.05, 4.69) is 4.98 Å². The lowest BCUT2D eigenvalue weighted by molar-refractivity contribution is 0.373. The highest BCUT2D eigenvalue weighted by molar-refractivity contribution is 7.95. The molecule has 2 aromatic heterocycles. The highest BCUT2D eigenvalue weighted by atomic mass is 32.2. The predicted molar refractivity (Wildman–Crippen MR) is 126 cm³/mol. The number of allylic oxidation sites excluding steroid dienone is 1. The summed E-state index contributed by atoms with van der Waals surface area (Å²) >= 11 is 0. The number of pyridine rings is 1. The Labute approximate surface area is 195 Å². The number of benzene rings is 2. The van der Waals surface area contributed by atoms with Crippen molar-refractivity contribution in [2.45, 2.75) is 11.8 Å². The number of aromatic nitrogens is 2. The number of methoxy groups -OCH3 is 1. The van der Waals surface area contributed by atoms with Gasteiger partial charge in [0.1, 0.15) is 22.2 Å². The summed E-state index contributed by atoms with van der Waals surface area (Å²) < 4.78 is 38.7. The normalized spacial score (nSPS) is 11.7. The van der Waals surface area contributed by atoms with Crippen molar-refractivity contribution >= 4 is 21.6 Å². The number of hydrogen-bond acceptors (Lipinski definition) is 7. The number of ether oxygens (including phenoxy) is 2. The lowest BCUT2D eigenvalue weighted by atomic mass is 10.2. The summed E-state index contributed by atoms with van der Waals surface area (Å²) in [6.45, 7) is 1.78. The van der Waals surface area contributed by atoms with E-state index in [1.165, 1.54) is 29.8 Å². The van der Waals surface area contributed by atoms with Gasteiger partial charge in [0.05, 0.1) is 12.0 Å². The smallest absolute Gasteiger partial charge is 0.269 e. The molecule has 0 bridgehead atoms. The van der Waals surface area contributed by atoms with Crippen LogP contribution >= 0.6 is 0 Å². The predicted octanol–water partition coefficient (Wildman–Crippen LogP) is 4.14. The Balaban J connectivity index is 1.99. The number of nitrogens with zero attached hydrogens (tertiary/aromatic N) is 3. The molecule has 9 heteroatoms. The fourth-order valence-corrected chi connectivity index (χ4v) is 4.49. The molecule has 0 atom stereocenters. The van der Waals surface area contributed by atoms with Gasteiger partial charge >= 0.3 is 0 Å². The van der Waals surface area contributed by atoms with Gasteiger partial charge in [0, 0.05) is 6.20 Å². The largest absolute Gasteiger partial charge is 0.493 e. The van der Waals surface area contributed by atoms with Crippen LogP contribution in [0.15, 0.2) is 87.5 Å². The molecule has 8 nitrogen and oxygen atoms in total. The SMILES string of the molecule is COc1ccccc1Oc1nc2c(C)cccn2c(=O)c1C=C(C#N)S(=O)(=O)c1ccccc1. The number of fused-ring (bicyclic) bond motifs is 1. The molecule has 0 amide bonds. The Kier molecular flexibility index (Phi) is 6.17. The Hall–Kier alpha value is -4.42. The van der Waals surface area contributed by atoms with Crippen molar-refractivity contribution in [2.75, 3.05) is 7.11 Å². The molecule has 4 rings (SSSR count). The first-order valence-electron chi connectivity index (χ1n) is 10.1. The minimum absolute atomic E-state index is 0.0697. The van der Waals surface area contributed by atoms with E-state index in [-0.39, 0.29) is 22.1 Å². The third-order valence-electron chi connectivity index (χ3n) is 5.05. The Morgan fingerprint density at radius 1 is 1.03 bits per heavy atom. The number of hydrogen-bond donors (Lipinski definition) is 0. The van der Waals surface area contributed by atoms with Gasteiger partial charge in [0.2, 0.25) is 15.7 Å². The molecule has 0 unspecified atom stereocenters. The molecule has 0 saturated carbocycles. The average Bonchev–Trinajstić information content (AvgIpc) is 2.85. The Morgan fingerprint density at radius 3 is 2.38 bits per heavy atom. The molecule has 0 aliphatic rings. The van der Waals surface area contributed by atoms with Gasteiger partial charge in [-0.05, 0) is 48.9 Å². The summed E-state index contributed by atoms with van der Waals surface area (Å²) in [5, 5.41) is 9.71. The third kappa shape index (κ3) is 4.14. The van der Waals surface area contributed by atoms with Gasteiger partial charge in [-0.2, -0.15) is 10.2 Å². The van der Waals surface area contributed by atoms with Crippen LogP contribution in [0, 0.1) is 18.3 Å². The van der Waals surface area contributed by atoms with Crippen LogP contribution in [0.3, 0.4) is 0 Å². The Bertz CT molecular complexity index is 1620. The molecule has 0 N–H and O–H groups in total. The summed E-state index contributed by atoms with van der Waals surface area (Å²) in [5.74, 6) is 0.510.